The lowest BCUT2D eigenvalue weighted by Gasteiger charge is -2.32. The molecule has 2 rings (SSSR count). The Morgan fingerprint density at radius 1 is 1.30 bits per heavy atom. The molecule has 6 nitrogen and oxygen atoms in total. The van der Waals surface area contributed by atoms with Crippen LogP contribution in [0, 0.1) is 0 Å². The second-order valence-corrected chi connectivity index (χ2v) is 5.78. The zero-order chi connectivity index (χ0) is 15.1. The van der Waals surface area contributed by atoms with Gasteiger partial charge in [-0.25, -0.2) is 9.78 Å². The van der Waals surface area contributed by atoms with Gasteiger partial charge in [-0.05, 0) is 33.8 Å². The van der Waals surface area contributed by atoms with Crippen LogP contribution < -0.4 is 11.2 Å². The first-order valence-electron chi connectivity index (χ1n) is 6.37. The molecule has 0 aliphatic carbocycles. The third-order valence-corrected chi connectivity index (χ3v) is 3.87. The van der Waals surface area contributed by atoms with Crippen LogP contribution in [0.1, 0.15) is 38.2 Å². The number of rotatable bonds is 2. The van der Waals surface area contributed by atoms with Crippen molar-refractivity contribution >= 4 is 24.2 Å². The summed E-state index contributed by atoms with van der Waals surface area (Å²) in [7, 11) is 0.696. The van der Waals surface area contributed by atoms with Crippen LogP contribution in [-0.2, 0) is 14.0 Å². The van der Waals surface area contributed by atoms with E-state index in [4.69, 9.17) is 15.0 Å². The highest BCUT2D eigenvalue weighted by atomic mass is 16.7. The Labute approximate surface area is 118 Å². The number of nitrogens with two attached hydrogens (primary N) is 1. The van der Waals surface area contributed by atoms with Crippen molar-refractivity contribution < 1.29 is 18.8 Å². The van der Waals surface area contributed by atoms with Crippen molar-refractivity contribution in [1.29, 1.82) is 0 Å². The van der Waals surface area contributed by atoms with Gasteiger partial charge in [0.2, 0.25) is 0 Å². The monoisotopic (exact) mass is 278 g/mol. The van der Waals surface area contributed by atoms with Gasteiger partial charge in [-0.1, -0.05) is 0 Å². The molecule has 0 radical (unpaired) electrons. The summed E-state index contributed by atoms with van der Waals surface area (Å²) in [4.78, 5) is 15.4. The second kappa shape index (κ2) is 4.75. The Morgan fingerprint density at radius 3 is 2.30 bits per heavy atom. The van der Waals surface area contributed by atoms with Gasteiger partial charge in [0.05, 0.1) is 18.3 Å². The van der Waals surface area contributed by atoms with E-state index >= 15 is 0 Å². The van der Waals surface area contributed by atoms with Gasteiger partial charge < -0.3 is 19.8 Å². The number of anilines is 1. The molecule has 1 aromatic rings. The van der Waals surface area contributed by atoms with Crippen molar-refractivity contribution in [2.45, 2.75) is 38.9 Å². The molecule has 1 aromatic heterocycles. The predicted molar refractivity (Wildman–Crippen MR) is 75.7 cm³/mol. The number of nitrogen functional groups attached to an aromatic ring is 1. The van der Waals surface area contributed by atoms with Crippen molar-refractivity contribution in [3.8, 4) is 0 Å². The Kier molecular flexibility index (Phi) is 3.52. The van der Waals surface area contributed by atoms with E-state index in [1.54, 1.807) is 0 Å². The van der Waals surface area contributed by atoms with E-state index in [2.05, 4.69) is 9.72 Å². The molecule has 20 heavy (non-hydrogen) atoms. The summed E-state index contributed by atoms with van der Waals surface area (Å²) in [5.41, 5.74) is 6.21. The lowest BCUT2D eigenvalue weighted by Crippen LogP contribution is -2.41. The zero-order valence-electron chi connectivity index (χ0n) is 12.4. The van der Waals surface area contributed by atoms with E-state index < -0.39 is 24.3 Å². The molecule has 0 bridgehead atoms. The fourth-order valence-electron chi connectivity index (χ4n) is 1.86. The molecule has 0 saturated carbocycles. The van der Waals surface area contributed by atoms with Crippen molar-refractivity contribution in [2.75, 3.05) is 12.8 Å². The summed E-state index contributed by atoms with van der Waals surface area (Å²) >= 11 is 0. The van der Waals surface area contributed by atoms with Crippen LogP contribution in [0.15, 0.2) is 12.3 Å². The van der Waals surface area contributed by atoms with Crippen molar-refractivity contribution in [1.82, 2.24) is 4.98 Å². The molecule has 0 atom stereocenters. The Morgan fingerprint density at radius 2 is 1.85 bits per heavy atom. The number of carbonyl (C=O) groups excluding carboxylic acids is 1. The van der Waals surface area contributed by atoms with Crippen LogP contribution in [0.3, 0.4) is 0 Å². The minimum absolute atomic E-state index is 0.158. The first kappa shape index (κ1) is 14.8. The molecule has 2 N–H and O–H groups in total. The third-order valence-electron chi connectivity index (χ3n) is 3.87. The van der Waals surface area contributed by atoms with Gasteiger partial charge in [0.15, 0.2) is 0 Å². The molecular weight excluding hydrogens is 259 g/mol. The normalized spacial score (nSPS) is 19.9. The van der Waals surface area contributed by atoms with Crippen LogP contribution in [0.4, 0.5) is 5.69 Å². The number of pyridine rings is 1. The van der Waals surface area contributed by atoms with Gasteiger partial charge in [-0.3, -0.25) is 0 Å². The average Bonchev–Trinajstić information content (AvgIpc) is 2.57. The number of hydrogen-bond acceptors (Lipinski definition) is 6. The molecule has 108 valence electrons. The SMILES string of the molecule is COC(=O)c1cc(N)c(B2OC(C)(C)C(C)(C)O2)cn1. The van der Waals surface area contributed by atoms with Crippen LogP contribution in [0.2, 0.25) is 0 Å². The molecule has 1 saturated heterocycles. The first-order chi connectivity index (χ1) is 9.18. The zero-order valence-corrected chi connectivity index (χ0v) is 12.4. The molecule has 0 aromatic carbocycles. The number of hydrogen-bond donors (Lipinski definition) is 1. The standard InChI is InChI=1S/C13H19BN2O4/c1-12(2)13(3,4)20-14(19-12)8-7-16-10(6-9(8)15)11(17)18-5/h6-7H,1-5H3,(H2,15,16). The summed E-state index contributed by atoms with van der Waals surface area (Å²) < 4.78 is 16.4. The van der Waals surface area contributed by atoms with Crippen LogP contribution in [0.5, 0.6) is 0 Å². The fourth-order valence-corrected chi connectivity index (χ4v) is 1.86. The van der Waals surface area contributed by atoms with Gasteiger partial charge in [-0.15, -0.1) is 0 Å². The first-order valence-corrected chi connectivity index (χ1v) is 6.37. The topological polar surface area (TPSA) is 83.7 Å². The number of esters is 1. The highest BCUT2D eigenvalue weighted by Gasteiger charge is 2.52. The van der Waals surface area contributed by atoms with E-state index in [1.807, 2.05) is 27.7 Å². The lowest BCUT2D eigenvalue weighted by atomic mass is 9.79. The van der Waals surface area contributed by atoms with Gasteiger partial charge >= 0.3 is 13.1 Å². The van der Waals surface area contributed by atoms with E-state index in [0.717, 1.165) is 0 Å². The van der Waals surface area contributed by atoms with E-state index in [9.17, 15) is 4.79 Å². The maximum Gasteiger partial charge on any atom is 0.498 e. The van der Waals surface area contributed by atoms with E-state index in [-0.39, 0.29) is 5.69 Å². The highest BCUT2D eigenvalue weighted by Crippen LogP contribution is 2.36. The minimum Gasteiger partial charge on any atom is -0.464 e. The number of aromatic nitrogens is 1. The molecule has 1 aliphatic heterocycles. The molecule has 1 aliphatic rings. The van der Waals surface area contributed by atoms with Gasteiger partial charge in [0.1, 0.15) is 5.69 Å². The minimum atomic E-state index is -0.598. The summed E-state index contributed by atoms with van der Waals surface area (Å²) in [6, 6.07) is 1.46. The number of methoxy groups -OCH3 is 1. The molecule has 0 amide bonds. The van der Waals surface area contributed by atoms with E-state index in [0.29, 0.717) is 11.2 Å². The molecule has 0 unspecified atom stereocenters. The van der Waals surface area contributed by atoms with Crippen LogP contribution in [-0.4, -0.2) is 36.4 Å². The molecule has 7 heteroatoms. The van der Waals surface area contributed by atoms with E-state index in [1.165, 1.54) is 19.4 Å². The summed E-state index contributed by atoms with van der Waals surface area (Å²) in [6.07, 6.45) is 1.49. The summed E-state index contributed by atoms with van der Waals surface area (Å²) in [5, 5.41) is 0. The predicted octanol–water partition coefficient (Wildman–Crippen LogP) is 0.750. The maximum absolute atomic E-state index is 11.4. The quantitative estimate of drug-likeness (QED) is 0.635. The largest absolute Gasteiger partial charge is 0.498 e. The second-order valence-electron chi connectivity index (χ2n) is 5.78. The van der Waals surface area contributed by atoms with Crippen molar-refractivity contribution in [3.05, 3.63) is 18.0 Å². The fraction of sp³-hybridized carbons (Fsp3) is 0.538. The van der Waals surface area contributed by atoms with Gasteiger partial charge in [0, 0.05) is 17.3 Å². The molecule has 1 fully saturated rings. The molecular formula is C13H19BN2O4. The maximum atomic E-state index is 11.4. The van der Waals surface area contributed by atoms with Gasteiger partial charge in [-0.2, -0.15) is 0 Å². The third kappa shape index (κ3) is 2.38. The number of ether oxygens (including phenoxy) is 1. The average molecular weight is 278 g/mol. The number of carbonyl (C=O) groups is 1. The van der Waals surface area contributed by atoms with Crippen molar-refractivity contribution in [3.63, 3.8) is 0 Å². The molecule has 0 spiro atoms. The summed E-state index contributed by atoms with van der Waals surface area (Å²) in [5.74, 6) is -0.530. The Bertz CT molecular complexity index is 529. The molecule has 2 heterocycles. The smallest absolute Gasteiger partial charge is 0.464 e. The van der Waals surface area contributed by atoms with Crippen LogP contribution in [0.25, 0.3) is 0 Å². The summed E-state index contributed by atoms with van der Waals surface area (Å²) in [6.45, 7) is 7.83. The van der Waals surface area contributed by atoms with Crippen LogP contribution >= 0.6 is 0 Å². The lowest BCUT2D eigenvalue weighted by molar-refractivity contribution is 0.00578. The Hall–Kier alpha value is -1.60. The highest BCUT2D eigenvalue weighted by molar-refractivity contribution is 6.63. The van der Waals surface area contributed by atoms with Gasteiger partial charge in [0.25, 0.3) is 0 Å². The van der Waals surface area contributed by atoms with Crippen molar-refractivity contribution in [2.24, 2.45) is 0 Å². The Balaban J connectivity index is 2.30. The number of nitrogens with zero attached hydrogens (tertiary/aromatic N) is 1.